The van der Waals surface area contributed by atoms with Crippen molar-refractivity contribution in [2.75, 3.05) is 6.54 Å². The highest BCUT2D eigenvalue weighted by atomic mass is 15.1. The summed E-state index contributed by atoms with van der Waals surface area (Å²) in [6.45, 7) is 8.58. The van der Waals surface area contributed by atoms with Crippen LogP contribution in [0, 0.1) is 0 Å². The van der Waals surface area contributed by atoms with Crippen LogP contribution >= 0.6 is 0 Å². The van der Waals surface area contributed by atoms with Crippen LogP contribution in [0.15, 0.2) is 54.7 Å². The van der Waals surface area contributed by atoms with E-state index in [1.807, 2.05) is 6.20 Å². The van der Waals surface area contributed by atoms with Crippen LogP contribution in [0.2, 0.25) is 0 Å². The Hall–Kier alpha value is -2.17. The summed E-state index contributed by atoms with van der Waals surface area (Å²) < 4.78 is 0. The van der Waals surface area contributed by atoms with Gasteiger partial charge in [0.1, 0.15) is 0 Å². The molecule has 3 rings (SSSR count). The lowest BCUT2D eigenvalue weighted by atomic mass is 9.90. The van der Waals surface area contributed by atoms with E-state index in [1.54, 1.807) is 0 Å². The first-order chi connectivity index (χ1) is 12.7. The van der Waals surface area contributed by atoms with E-state index in [0.717, 1.165) is 31.4 Å². The highest BCUT2D eigenvalue weighted by Crippen LogP contribution is 2.22. The molecule has 0 aliphatic heterocycles. The van der Waals surface area contributed by atoms with Gasteiger partial charge in [0.2, 0.25) is 0 Å². The molecule has 0 spiro atoms. The monoisotopic (exact) mass is 350 g/mol. The topological polar surface area (TPSA) is 52.7 Å². The molecule has 1 aromatic heterocycles. The molecule has 0 amide bonds. The zero-order valence-electron chi connectivity index (χ0n) is 16.0. The Kier molecular flexibility index (Phi) is 6.07. The maximum Gasteiger partial charge on any atom is 0.0653 e. The van der Waals surface area contributed by atoms with Crippen molar-refractivity contribution >= 4 is 10.9 Å². The van der Waals surface area contributed by atoms with Gasteiger partial charge in [-0.25, -0.2) is 0 Å². The van der Waals surface area contributed by atoms with Crippen molar-refractivity contribution in [3.8, 4) is 0 Å². The van der Waals surface area contributed by atoms with Gasteiger partial charge >= 0.3 is 0 Å². The molecule has 26 heavy (non-hydrogen) atoms. The molecule has 2 aromatic carbocycles. The third-order valence-corrected chi connectivity index (χ3v) is 5.53. The number of nitrogens with one attached hydrogen (secondary N) is 3. The van der Waals surface area contributed by atoms with Gasteiger partial charge in [0.05, 0.1) is 11.7 Å². The second-order valence-electron chi connectivity index (χ2n) is 7.12. The second-order valence-corrected chi connectivity index (χ2v) is 7.12. The Morgan fingerprint density at radius 2 is 1.81 bits per heavy atom. The highest BCUT2D eigenvalue weighted by molar-refractivity contribution is 5.81. The first-order valence-electron chi connectivity index (χ1n) is 9.62. The number of aromatic amines is 1. The van der Waals surface area contributed by atoms with Crippen LogP contribution in [0.5, 0.6) is 0 Å². The maximum atomic E-state index is 4.16. The molecule has 1 unspecified atom stereocenters. The number of benzene rings is 2. The van der Waals surface area contributed by atoms with Crippen LogP contribution in [0.3, 0.4) is 0 Å². The van der Waals surface area contributed by atoms with Crippen LogP contribution in [-0.4, -0.2) is 22.3 Å². The Labute approximate surface area is 156 Å². The standard InChI is InChI=1S/C22H30N4/c1-4-22(5-2,25-17(3)18-10-7-6-8-11-18)16-23-14-19-12-9-13-21-20(19)15-24-26-21/h6-13,15,17,23,25H,4-5,14,16H2,1-3H3,(H,24,26). The number of hydrogen-bond donors (Lipinski definition) is 3. The first-order valence-corrected chi connectivity index (χ1v) is 9.62. The number of H-pyrrole nitrogens is 1. The van der Waals surface area contributed by atoms with Gasteiger partial charge in [0.25, 0.3) is 0 Å². The van der Waals surface area contributed by atoms with E-state index in [0.29, 0.717) is 6.04 Å². The minimum Gasteiger partial charge on any atom is -0.311 e. The highest BCUT2D eigenvalue weighted by Gasteiger charge is 2.27. The predicted molar refractivity (Wildman–Crippen MR) is 109 cm³/mol. The molecule has 0 aliphatic rings. The largest absolute Gasteiger partial charge is 0.311 e. The molecular formula is C22H30N4. The maximum absolute atomic E-state index is 4.16. The summed E-state index contributed by atoms with van der Waals surface area (Å²) in [7, 11) is 0. The lowest BCUT2D eigenvalue weighted by Crippen LogP contribution is -2.52. The van der Waals surface area contributed by atoms with Crippen molar-refractivity contribution in [3.63, 3.8) is 0 Å². The van der Waals surface area contributed by atoms with E-state index in [2.05, 4.69) is 90.1 Å². The minimum absolute atomic E-state index is 0.0829. The van der Waals surface area contributed by atoms with Crippen LogP contribution in [-0.2, 0) is 6.54 Å². The van der Waals surface area contributed by atoms with E-state index in [9.17, 15) is 0 Å². The lowest BCUT2D eigenvalue weighted by Gasteiger charge is -2.36. The van der Waals surface area contributed by atoms with Crippen LogP contribution in [0.25, 0.3) is 10.9 Å². The molecule has 4 nitrogen and oxygen atoms in total. The van der Waals surface area contributed by atoms with Crippen molar-refractivity contribution in [1.82, 2.24) is 20.8 Å². The minimum atomic E-state index is 0.0829. The molecule has 0 fully saturated rings. The Bertz CT molecular complexity index is 805. The lowest BCUT2D eigenvalue weighted by molar-refractivity contribution is 0.260. The van der Waals surface area contributed by atoms with E-state index >= 15 is 0 Å². The summed E-state index contributed by atoms with van der Waals surface area (Å²) in [5, 5.41) is 16.0. The van der Waals surface area contributed by atoms with Gasteiger partial charge in [-0.3, -0.25) is 5.10 Å². The van der Waals surface area contributed by atoms with Gasteiger partial charge in [-0.15, -0.1) is 0 Å². The molecule has 0 radical (unpaired) electrons. The fourth-order valence-corrected chi connectivity index (χ4v) is 3.66. The van der Waals surface area contributed by atoms with Crippen molar-refractivity contribution < 1.29 is 0 Å². The number of nitrogens with zero attached hydrogens (tertiary/aromatic N) is 1. The molecule has 1 atom stereocenters. The van der Waals surface area contributed by atoms with Crippen LogP contribution in [0.4, 0.5) is 0 Å². The smallest absolute Gasteiger partial charge is 0.0653 e. The van der Waals surface area contributed by atoms with Crippen LogP contribution < -0.4 is 10.6 Å². The van der Waals surface area contributed by atoms with Gasteiger partial charge in [-0.2, -0.15) is 5.10 Å². The summed E-state index contributed by atoms with van der Waals surface area (Å²) >= 11 is 0. The molecule has 0 aliphatic carbocycles. The third kappa shape index (κ3) is 4.14. The Balaban J connectivity index is 1.65. The Morgan fingerprint density at radius 1 is 1.04 bits per heavy atom. The molecule has 0 saturated heterocycles. The van der Waals surface area contributed by atoms with Crippen LogP contribution in [0.1, 0.15) is 50.8 Å². The summed E-state index contributed by atoms with van der Waals surface area (Å²) in [5.74, 6) is 0. The molecule has 3 N–H and O–H groups in total. The molecule has 4 heteroatoms. The number of rotatable bonds is 9. The van der Waals surface area contributed by atoms with E-state index < -0.39 is 0 Å². The molecule has 0 bridgehead atoms. The molecule has 3 aromatic rings. The predicted octanol–water partition coefficient (Wildman–Crippen LogP) is 4.56. The Morgan fingerprint density at radius 3 is 2.54 bits per heavy atom. The number of fused-ring (bicyclic) bond motifs is 1. The van der Waals surface area contributed by atoms with Crippen molar-refractivity contribution in [1.29, 1.82) is 0 Å². The number of hydrogen-bond acceptors (Lipinski definition) is 3. The first kappa shape index (κ1) is 18.6. The summed E-state index contributed by atoms with van der Waals surface area (Å²) in [6.07, 6.45) is 4.09. The fourth-order valence-electron chi connectivity index (χ4n) is 3.66. The van der Waals surface area contributed by atoms with E-state index in [-0.39, 0.29) is 5.54 Å². The van der Waals surface area contributed by atoms with Gasteiger partial charge in [0, 0.05) is 30.1 Å². The van der Waals surface area contributed by atoms with Crippen molar-refractivity contribution in [2.24, 2.45) is 0 Å². The zero-order chi connectivity index (χ0) is 18.4. The molecule has 0 saturated carbocycles. The average molecular weight is 351 g/mol. The fraction of sp³-hybridized carbons (Fsp3) is 0.409. The summed E-state index contributed by atoms with van der Waals surface area (Å²) in [4.78, 5) is 0. The molecular weight excluding hydrogens is 320 g/mol. The molecule has 1 heterocycles. The van der Waals surface area contributed by atoms with Crippen molar-refractivity contribution in [2.45, 2.75) is 51.7 Å². The van der Waals surface area contributed by atoms with Gasteiger partial charge in [-0.05, 0) is 37.0 Å². The van der Waals surface area contributed by atoms with E-state index in [4.69, 9.17) is 0 Å². The number of aromatic nitrogens is 2. The summed E-state index contributed by atoms with van der Waals surface area (Å²) in [5.41, 5.74) is 3.80. The van der Waals surface area contributed by atoms with Crippen molar-refractivity contribution in [3.05, 3.63) is 65.9 Å². The van der Waals surface area contributed by atoms with Gasteiger partial charge < -0.3 is 10.6 Å². The zero-order valence-corrected chi connectivity index (χ0v) is 16.0. The summed E-state index contributed by atoms with van der Waals surface area (Å²) in [6, 6.07) is 17.3. The van der Waals surface area contributed by atoms with Gasteiger partial charge in [0.15, 0.2) is 0 Å². The molecule has 138 valence electrons. The second kappa shape index (κ2) is 8.47. The SMILES string of the molecule is CCC(CC)(CNCc1cccc2[nH]ncc12)NC(C)c1ccccc1. The quantitative estimate of drug-likeness (QED) is 0.530. The average Bonchev–Trinajstić information content (AvgIpc) is 3.17. The van der Waals surface area contributed by atoms with Gasteiger partial charge in [-0.1, -0.05) is 56.3 Å². The van der Waals surface area contributed by atoms with E-state index in [1.165, 1.54) is 16.5 Å². The third-order valence-electron chi connectivity index (χ3n) is 5.53. The normalized spacial score (nSPS) is 13.2.